The number of thioether (sulfide) groups is 1. The van der Waals surface area contributed by atoms with Crippen LogP contribution in [0, 0.1) is 0 Å². The molecule has 0 bridgehead atoms. The number of hydrogen-bond acceptors (Lipinski definition) is 4. The first-order chi connectivity index (χ1) is 9.63. The second-order valence-corrected chi connectivity index (χ2v) is 5.62. The fourth-order valence-corrected chi connectivity index (χ4v) is 2.63. The number of nitrogens with zero attached hydrogens (tertiary/aromatic N) is 2. The van der Waals surface area contributed by atoms with E-state index in [0.29, 0.717) is 18.5 Å². The predicted molar refractivity (Wildman–Crippen MR) is 83.5 cm³/mol. The summed E-state index contributed by atoms with van der Waals surface area (Å²) in [5.74, 6) is 0. The van der Waals surface area contributed by atoms with Crippen LogP contribution in [0.1, 0.15) is 20.3 Å². The Labute approximate surface area is 123 Å². The average Bonchev–Trinajstić information content (AvgIpc) is 2.45. The first-order valence-corrected chi connectivity index (χ1v) is 8.01. The van der Waals surface area contributed by atoms with Crippen molar-refractivity contribution < 1.29 is 4.74 Å². The molecular formula is C15H20N2O2S. The summed E-state index contributed by atoms with van der Waals surface area (Å²) in [5, 5.41) is 1.44. The Morgan fingerprint density at radius 3 is 2.80 bits per heavy atom. The maximum atomic E-state index is 12.5. The molecule has 0 aliphatic rings. The van der Waals surface area contributed by atoms with Gasteiger partial charge in [0.2, 0.25) is 0 Å². The third-order valence-corrected chi connectivity index (χ3v) is 3.66. The first-order valence-electron chi connectivity index (χ1n) is 6.78. The molecule has 0 amide bonds. The molecule has 0 spiro atoms. The van der Waals surface area contributed by atoms with E-state index in [1.807, 2.05) is 44.4 Å². The largest absolute Gasteiger partial charge is 0.379 e. The Balaban J connectivity index is 2.27. The molecule has 0 N–H and O–H groups in total. The first kappa shape index (κ1) is 15.1. The van der Waals surface area contributed by atoms with Crippen LogP contribution >= 0.6 is 11.8 Å². The molecule has 20 heavy (non-hydrogen) atoms. The van der Waals surface area contributed by atoms with Crippen LogP contribution in [0.15, 0.2) is 34.2 Å². The van der Waals surface area contributed by atoms with Gasteiger partial charge in [-0.25, -0.2) is 4.98 Å². The summed E-state index contributed by atoms with van der Waals surface area (Å²) in [4.78, 5) is 17.1. The third kappa shape index (κ3) is 3.41. The zero-order chi connectivity index (χ0) is 14.5. The van der Waals surface area contributed by atoms with Crippen molar-refractivity contribution in [1.82, 2.24) is 9.55 Å². The number of aromatic nitrogens is 2. The normalized spacial score (nSPS) is 11.4. The molecule has 2 aromatic rings. The van der Waals surface area contributed by atoms with Crippen LogP contribution in [0.3, 0.4) is 0 Å². The van der Waals surface area contributed by atoms with Crippen molar-refractivity contribution in [3.63, 3.8) is 0 Å². The predicted octanol–water partition coefficient (Wildman–Crippen LogP) is 2.93. The zero-order valence-electron chi connectivity index (χ0n) is 12.1. The quantitative estimate of drug-likeness (QED) is 0.466. The molecule has 0 fully saturated rings. The maximum absolute atomic E-state index is 12.5. The minimum Gasteiger partial charge on any atom is -0.379 e. The van der Waals surface area contributed by atoms with Crippen LogP contribution in [0.25, 0.3) is 10.9 Å². The van der Waals surface area contributed by atoms with Crippen LogP contribution in [0.5, 0.6) is 0 Å². The van der Waals surface area contributed by atoms with E-state index in [0.717, 1.165) is 17.1 Å². The van der Waals surface area contributed by atoms with Gasteiger partial charge < -0.3 is 4.74 Å². The summed E-state index contributed by atoms with van der Waals surface area (Å²) >= 11 is 1.50. The van der Waals surface area contributed by atoms with E-state index in [2.05, 4.69) is 4.98 Å². The van der Waals surface area contributed by atoms with Crippen molar-refractivity contribution in [1.29, 1.82) is 0 Å². The van der Waals surface area contributed by atoms with Gasteiger partial charge in [-0.3, -0.25) is 9.36 Å². The highest BCUT2D eigenvalue weighted by Gasteiger charge is 2.09. The van der Waals surface area contributed by atoms with Crippen molar-refractivity contribution in [3.8, 4) is 0 Å². The van der Waals surface area contributed by atoms with Gasteiger partial charge in [-0.05, 0) is 38.7 Å². The summed E-state index contributed by atoms with van der Waals surface area (Å²) in [6.45, 7) is 5.32. The van der Waals surface area contributed by atoms with E-state index in [-0.39, 0.29) is 11.7 Å². The lowest BCUT2D eigenvalue weighted by molar-refractivity contribution is 0.0743. The van der Waals surface area contributed by atoms with Gasteiger partial charge in [0.1, 0.15) is 0 Å². The van der Waals surface area contributed by atoms with Gasteiger partial charge in [-0.1, -0.05) is 23.9 Å². The molecule has 0 aliphatic carbocycles. The van der Waals surface area contributed by atoms with Crippen molar-refractivity contribution in [3.05, 3.63) is 34.6 Å². The fraction of sp³-hybridized carbons (Fsp3) is 0.467. The lowest BCUT2D eigenvalue weighted by Gasteiger charge is -2.12. The summed E-state index contributed by atoms with van der Waals surface area (Å²) in [6, 6.07) is 7.48. The molecule has 4 nitrogen and oxygen atoms in total. The van der Waals surface area contributed by atoms with Crippen molar-refractivity contribution in [2.45, 2.75) is 38.1 Å². The maximum Gasteiger partial charge on any atom is 0.262 e. The molecule has 0 aliphatic heterocycles. The highest BCUT2D eigenvalue weighted by Crippen LogP contribution is 2.15. The smallest absolute Gasteiger partial charge is 0.262 e. The minimum absolute atomic E-state index is 0.0319. The molecule has 2 rings (SSSR count). The molecule has 0 atom stereocenters. The van der Waals surface area contributed by atoms with Gasteiger partial charge in [0.05, 0.1) is 17.0 Å². The number of fused-ring (bicyclic) bond motifs is 1. The molecule has 0 unspecified atom stereocenters. The van der Waals surface area contributed by atoms with E-state index >= 15 is 0 Å². The molecular weight excluding hydrogens is 272 g/mol. The molecule has 1 aromatic carbocycles. The molecule has 0 saturated carbocycles. The monoisotopic (exact) mass is 292 g/mol. The Kier molecular flexibility index (Phi) is 5.20. The molecule has 0 saturated heterocycles. The fourth-order valence-electron chi connectivity index (χ4n) is 2.04. The highest BCUT2D eigenvalue weighted by molar-refractivity contribution is 7.98. The summed E-state index contributed by atoms with van der Waals surface area (Å²) in [7, 11) is 0. The van der Waals surface area contributed by atoms with E-state index in [4.69, 9.17) is 4.74 Å². The van der Waals surface area contributed by atoms with Crippen LogP contribution < -0.4 is 5.56 Å². The van der Waals surface area contributed by atoms with Crippen molar-refractivity contribution in [2.75, 3.05) is 12.9 Å². The lowest BCUT2D eigenvalue weighted by Crippen LogP contribution is -2.24. The van der Waals surface area contributed by atoms with Gasteiger partial charge in [0.25, 0.3) is 5.56 Å². The van der Waals surface area contributed by atoms with E-state index < -0.39 is 0 Å². The average molecular weight is 292 g/mol. The van der Waals surface area contributed by atoms with Gasteiger partial charge in [-0.15, -0.1) is 0 Å². The summed E-state index contributed by atoms with van der Waals surface area (Å²) in [5.41, 5.74) is 0.793. The number of rotatable bonds is 6. The van der Waals surface area contributed by atoms with Gasteiger partial charge in [0.15, 0.2) is 5.16 Å². The van der Waals surface area contributed by atoms with Crippen molar-refractivity contribution >= 4 is 22.7 Å². The van der Waals surface area contributed by atoms with Crippen LogP contribution in [-0.2, 0) is 11.3 Å². The molecule has 5 heteroatoms. The Morgan fingerprint density at radius 2 is 2.10 bits per heavy atom. The van der Waals surface area contributed by atoms with E-state index in [1.165, 1.54) is 11.8 Å². The number of ether oxygens (including phenoxy) is 1. The minimum atomic E-state index is 0.0319. The van der Waals surface area contributed by atoms with Crippen LogP contribution in [0.2, 0.25) is 0 Å². The number of benzene rings is 1. The molecule has 1 aromatic heterocycles. The number of hydrogen-bond donors (Lipinski definition) is 0. The SMILES string of the molecule is CSc1nc2ccccc2c(=O)n1CCCOC(C)C. The van der Waals surface area contributed by atoms with Crippen LogP contribution in [-0.4, -0.2) is 28.5 Å². The van der Waals surface area contributed by atoms with Gasteiger partial charge in [-0.2, -0.15) is 0 Å². The summed E-state index contributed by atoms with van der Waals surface area (Å²) in [6.07, 6.45) is 2.98. The molecule has 0 radical (unpaired) electrons. The van der Waals surface area contributed by atoms with E-state index in [9.17, 15) is 4.79 Å². The lowest BCUT2D eigenvalue weighted by atomic mass is 10.2. The molecule has 108 valence electrons. The Morgan fingerprint density at radius 1 is 1.35 bits per heavy atom. The zero-order valence-corrected chi connectivity index (χ0v) is 12.9. The Hall–Kier alpha value is -1.33. The second-order valence-electron chi connectivity index (χ2n) is 4.85. The standard InChI is InChI=1S/C15H20N2O2S/c1-11(2)19-10-6-9-17-14(18)12-7-4-5-8-13(12)16-15(17)20-3/h4-5,7-8,11H,6,9-10H2,1-3H3. The van der Waals surface area contributed by atoms with Crippen molar-refractivity contribution in [2.24, 2.45) is 0 Å². The van der Waals surface area contributed by atoms with Crippen LogP contribution in [0.4, 0.5) is 0 Å². The van der Waals surface area contributed by atoms with Gasteiger partial charge in [0, 0.05) is 13.2 Å². The van der Waals surface area contributed by atoms with E-state index in [1.54, 1.807) is 4.57 Å². The summed E-state index contributed by atoms with van der Waals surface area (Å²) < 4.78 is 7.27. The third-order valence-electron chi connectivity index (χ3n) is 2.99. The Bertz CT molecular complexity index is 637. The van der Waals surface area contributed by atoms with Gasteiger partial charge >= 0.3 is 0 Å². The second kappa shape index (κ2) is 6.90. The molecule has 1 heterocycles. The number of para-hydroxylation sites is 1. The topological polar surface area (TPSA) is 44.1 Å². The highest BCUT2D eigenvalue weighted by atomic mass is 32.2.